The van der Waals surface area contributed by atoms with E-state index in [1.165, 1.54) is 56.3 Å². The first-order valence-corrected chi connectivity index (χ1v) is 8.75. The van der Waals surface area contributed by atoms with E-state index in [1.807, 2.05) is 0 Å². The summed E-state index contributed by atoms with van der Waals surface area (Å²) in [5.41, 5.74) is 3.05. The van der Waals surface area contributed by atoms with Crippen molar-refractivity contribution in [1.29, 1.82) is 0 Å². The lowest BCUT2D eigenvalue weighted by Gasteiger charge is -2.49. The van der Waals surface area contributed by atoms with Gasteiger partial charge in [-0.2, -0.15) is 0 Å². The van der Waals surface area contributed by atoms with Crippen LogP contribution < -0.4 is 4.90 Å². The Morgan fingerprint density at radius 1 is 0.909 bits per heavy atom. The van der Waals surface area contributed by atoms with E-state index >= 15 is 0 Å². The quantitative estimate of drug-likeness (QED) is 0.677. The summed E-state index contributed by atoms with van der Waals surface area (Å²) < 4.78 is 0. The van der Waals surface area contributed by atoms with Crippen molar-refractivity contribution in [3.63, 3.8) is 0 Å². The second kappa shape index (κ2) is 7.00. The van der Waals surface area contributed by atoms with Crippen LogP contribution in [0.25, 0.3) is 0 Å². The molecular formula is C21H27N. The van der Waals surface area contributed by atoms with Gasteiger partial charge < -0.3 is 4.90 Å². The summed E-state index contributed by atoms with van der Waals surface area (Å²) in [5.74, 6) is 0. The molecule has 1 fully saturated rings. The van der Waals surface area contributed by atoms with Crippen LogP contribution in [0.4, 0.5) is 5.69 Å². The number of anilines is 1. The van der Waals surface area contributed by atoms with E-state index in [4.69, 9.17) is 0 Å². The molecule has 22 heavy (non-hydrogen) atoms. The van der Waals surface area contributed by atoms with E-state index in [-0.39, 0.29) is 5.54 Å². The van der Waals surface area contributed by atoms with Gasteiger partial charge in [-0.05, 0) is 43.4 Å². The van der Waals surface area contributed by atoms with Crippen molar-refractivity contribution in [2.75, 3.05) is 11.4 Å². The van der Waals surface area contributed by atoms with Gasteiger partial charge in [-0.3, -0.25) is 0 Å². The third-order valence-electron chi connectivity index (χ3n) is 5.06. The lowest BCUT2D eigenvalue weighted by atomic mass is 9.76. The number of piperidine rings is 1. The minimum atomic E-state index is 0.177. The monoisotopic (exact) mass is 293 g/mol. The second-order valence-electron chi connectivity index (χ2n) is 6.45. The highest BCUT2D eigenvalue weighted by Crippen LogP contribution is 2.44. The molecule has 0 aliphatic carbocycles. The molecule has 1 aliphatic heterocycles. The summed E-state index contributed by atoms with van der Waals surface area (Å²) in [7, 11) is 0. The molecule has 2 aromatic rings. The molecule has 0 saturated carbocycles. The van der Waals surface area contributed by atoms with Crippen molar-refractivity contribution in [3.05, 3.63) is 66.2 Å². The van der Waals surface area contributed by atoms with Gasteiger partial charge in [0.2, 0.25) is 0 Å². The largest absolute Gasteiger partial charge is 0.362 e. The summed E-state index contributed by atoms with van der Waals surface area (Å²) in [6.07, 6.45) is 7.71. The highest BCUT2D eigenvalue weighted by atomic mass is 15.2. The van der Waals surface area contributed by atoms with Crippen LogP contribution in [0.2, 0.25) is 0 Å². The fraction of sp³-hybridized carbons (Fsp3) is 0.429. The third-order valence-corrected chi connectivity index (χ3v) is 5.06. The van der Waals surface area contributed by atoms with Gasteiger partial charge in [0.15, 0.2) is 0 Å². The molecule has 1 heteroatoms. The van der Waals surface area contributed by atoms with Gasteiger partial charge in [0.25, 0.3) is 0 Å². The molecule has 0 radical (unpaired) electrons. The molecule has 1 saturated heterocycles. The Morgan fingerprint density at radius 2 is 1.59 bits per heavy atom. The molecule has 116 valence electrons. The summed E-state index contributed by atoms with van der Waals surface area (Å²) in [6, 6.07) is 22.2. The summed E-state index contributed by atoms with van der Waals surface area (Å²) in [4.78, 5) is 2.68. The van der Waals surface area contributed by atoms with Gasteiger partial charge >= 0.3 is 0 Å². The second-order valence-corrected chi connectivity index (χ2v) is 6.45. The van der Waals surface area contributed by atoms with Gasteiger partial charge in [-0.25, -0.2) is 0 Å². The summed E-state index contributed by atoms with van der Waals surface area (Å²) in [5, 5.41) is 0. The predicted octanol–water partition coefficient (Wildman–Crippen LogP) is 5.76. The molecule has 0 bridgehead atoms. The first kappa shape index (κ1) is 15.1. The molecule has 1 aliphatic rings. The van der Waals surface area contributed by atoms with Crippen molar-refractivity contribution in [1.82, 2.24) is 0 Å². The van der Waals surface area contributed by atoms with Crippen LogP contribution in [-0.2, 0) is 5.54 Å². The van der Waals surface area contributed by atoms with Crippen LogP contribution in [0.15, 0.2) is 60.7 Å². The molecule has 1 atom stereocenters. The number of hydrogen-bond donors (Lipinski definition) is 0. The zero-order valence-electron chi connectivity index (χ0n) is 13.7. The SMILES string of the molecule is CCCCC1(c2ccccc2)CCCCN1c1ccccc1. The molecular weight excluding hydrogens is 266 g/mol. The molecule has 3 rings (SSSR count). The molecule has 0 spiro atoms. The first-order chi connectivity index (χ1) is 10.9. The average molecular weight is 293 g/mol. The van der Waals surface area contributed by atoms with E-state index in [0.29, 0.717) is 0 Å². The van der Waals surface area contributed by atoms with Crippen LogP contribution >= 0.6 is 0 Å². The van der Waals surface area contributed by atoms with Crippen LogP contribution in [-0.4, -0.2) is 6.54 Å². The van der Waals surface area contributed by atoms with Crippen molar-refractivity contribution in [2.45, 2.75) is 51.0 Å². The molecule has 0 aromatic heterocycles. The van der Waals surface area contributed by atoms with Gasteiger partial charge in [0, 0.05) is 12.2 Å². The Bertz CT molecular complexity index is 563. The molecule has 0 N–H and O–H groups in total. The molecule has 2 aromatic carbocycles. The number of unbranched alkanes of at least 4 members (excludes halogenated alkanes) is 1. The van der Waals surface area contributed by atoms with E-state index in [1.54, 1.807) is 0 Å². The zero-order valence-corrected chi connectivity index (χ0v) is 13.7. The number of para-hydroxylation sites is 1. The fourth-order valence-corrected chi connectivity index (χ4v) is 3.94. The van der Waals surface area contributed by atoms with E-state index in [0.717, 1.165) is 0 Å². The number of nitrogens with zero attached hydrogens (tertiary/aromatic N) is 1. The van der Waals surface area contributed by atoms with Gasteiger partial charge in [-0.15, -0.1) is 0 Å². The van der Waals surface area contributed by atoms with Crippen molar-refractivity contribution >= 4 is 5.69 Å². The number of benzene rings is 2. The molecule has 1 heterocycles. The lowest BCUT2D eigenvalue weighted by molar-refractivity contribution is 0.286. The maximum Gasteiger partial charge on any atom is 0.0653 e. The Labute approximate surface area is 135 Å². The fourth-order valence-electron chi connectivity index (χ4n) is 3.94. The highest BCUT2D eigenvalue weighted by molar-refractivity contribution is 5.52. The minimum absolute atomic E-state index is 0.177. The normalized spacial score (nSPS) is 21.8. The summed E-state index contributed by atoms with van der Waals surface area (Å²) in [6.45, 7) is 3.47. The van der Waals surface area contributed by atoms with Crippen LogP contribution in [0, 0.1) is 0 Å². The van der Waals surface area contributed by atoms with Gasteiger partial charge in [-0.1, -0.05) is 68.3 Å². The maximum absolute atomic E-state index is 2.68. The Morgan fingerprint density at radius 3 is 2.27 bits per heavy atom. The predicted molar refractivity (Wildman–Crippen MR) is 95.3 cm³/mol. The van der Waals surface area contributed by atoms with E-state index in [2.05, 4.69) is 72.5 Å². The van der Waals surface area contributed by atoms with E-state index < -0.39 is 0 Å². The van der Waals surface area contributed by atoms with Gasteiger partial charge in [0.1, 0.15) is 0 Å². The molecule has 1 unspecified atom stereocenters. The number of hydrogen-bond acceptors (Lipinski definition) is 1. The summed E-state index contributed by atoms with van der Waals surface area (Å²) >= 11 is 0. The lowest BCUT2D eigenvalue weighted by Crippen LogP contribution is -2.49. The standard InChI is InChI=1S/C21H27N/c1-2-3-16-21(19-12-6-4-7-13-19)17-10-11-18-22(21)20-14-8-5-9-15-20/h4-9,12-15H,2-3,10-11,16-18H2,1H3. The Kier molecular flexibility index (Phi) is 4.82. The zero-order chi connectivity index (χ0) is 15.3. The van der Waals surface area contributed by atoms with Crippen molar-refractivity contribution in [2.24, 2.45) is 0 Å². The van der Waals surface area contributed by atoms with Crippen LogP contribution in [0.3, 0.4) is 0 Å². The highest BCUT2D eigenvalue weighted by Gasteiger charge is 2.39. The van der Waals surface area contributed by atoms with Gasteiger partial charge in [0.05, 0.1) is 5.54 Å². The first-order valence-electron chi connectivity index (χ1n) is 8.75. The Hall–Kier alpha value is -1.76. The third kappa shape index (κ3) is 2.90. The van der Waals surface area contributed by atoms with E-state index in [9.17, 15) is 0 Å². The van der Waals surface area contributed by atoms with Crippen molar-refractivity contribution < 1.29 is 0 Å². The minimum Gasteiger partial charge on any atom is -0.362 e. The smallest absolute Gasteiger partial charge is 0.0653 e. The molecule has 0 amide bonds. The topological polar surface area (TPSA) is 3.24 Å². The number of rotatable bonds is 5. The van der Waals surface area contributed by atoms with Crippen molar-refractivity contribution in [3.8, 4) is 0 Å². The molecule has 1 nitrogen and oxygen atoms in total. The Balaban J connectivity index is 2.04. The maximum atomic E-state index is 2.68. The van der Waals surface area contributed by atoms with Crippen LogP contribution in [0.1, 0.15) is 51.0 Å². The van der Waals surface area contributed by atoms with Crippen LogP contribution in [0.5, 0.6) is 0 Å². The average Bonchev–Trinajstić information content (AvgIpc) is 2.61.